The van der Waals surface area contributed by atoms with Crippen molar-refractivity contribution in [3.05, 3.63) is 72.9 Å². The van der Waals surface area contributed by atoms with E-state index in [0.29, 0.717) is 12.8 Å². The van der Waals surface area contributed by atoms with Crippen LogP contribution >= 0.6 is 0 Å². The van der Waals surface area contributed by atoms with Crippen LogP contribution in [0, 0.1) is 0 Å². The third kappa shape index (κ3) is 61.9. The number of unbranched alkanes of at least 4 members (excludes halogenated alkanes) is 40. The van der Waals surface area contributed by atoms with Gasteiger partial charge in [-0.25, -0.2) is 0 Å². The van der Waals surface area contributed by atoms with Crippen LogP contribution in [0.15, 0.2) is 72.9 Å². The van der Waals surface area contributed by atoms with Gasteiger partial charge in [0.1, 0.15) is 6.61 Å². The lowest BCUT2D eigenvalue weighted by Gasteiger charge is -2.15. The van der Waals surface area contributed by atoms with E-state index in [0.717, 1.165) is 64.2 Å². The maximum Gasteiger partial charge on any atom is 0.306 e. The Labute approximate surface area is 461 Å². The second kappa shape index (κ2) is 64.6. The lowest BCUT2D eigenvalue weighted by molar-refractivity contribution is -0.161. The summed E-state index contributed by atoms with van der Waals surface area (Å²) in [6.45, 7) is 4.15. The smallest absolute Gasteiger partial charge is 0.306 e. The van der Waals surface area contributed by atoms with E-state index in [9.17, 15) is 14.7 Å². The lowest BCUT2D eigenvalue weighted by atomic mass is 10.0. The Morgan fingerprint density at radius 2 is 0.541 bits per heavy atom. The van der Waals surface area contributed by atoms with Crippen LogP contribution in [0.5, 0.6) is 0 Å². The SMILES string of the molecule is CCCCCCC/C=C\C/C=C\C/C=C\CCCCCCCCCCCCCCCCCCC(=O)OC(CO)COC(=O)CCCCCCCCCCCCCCCC/C=C\C/C=C\C/C=C\CCCCCCC. The number of carbonyl (C=O) groups is 2. The standard InChI is InChI=1S/C69H124O5/c1-3-5-7-9-11-13-15-17-19-21-23-25-27-29-31-33-34-36-38-40-42-44-46-48-50-52-54-56-58-60-62-64-69(72)74-67(65-70)66-73-68(71)63-61-59-57-55-53-51-49-47-45-43-41-39-37-35-32-30-28-26-24-22-20-18-16-14-12-10-8-6-4-2/h15-18,21-24,27-30,67,70H,3-14,19-20,25-26,31-66H2,1-2H3/b17-15-,18-16-,23-21-,24-22-,29-27-,30-28-. The summed E-state index contributed by atoms with van der Waals surface area (Å²) in [6.07, 6.45) is 89.0. The molecule has 0 heterocycles. The van der Waals surface area contributed by atoms with Gasteiger partial charge in [-0.15, -0.1) is 0 Å². The molecule has 0 aromatic carbocycles. The molecule has 0 saturated heterocycles. The Bertz CT molecular complexity index is 1310. The molecule has 5 heteroatoms. The molecule has 0 bridgehead atoms. The second-order valence-electron chi connectivity index (χ2n) is 21.8. The summed E-state index contributed by atoms with van der Waals surface area (Å²) < 4.78 is 10.7. The Balaban J connectivity index is 3.45. The number of rotatable bonds is 60. The van der Waals surface area contributed by atoms with Crippen molar-refractivity contribution in [3.63, 3.8) is 0 Å². The summed E-state index contributed by atoms with van der Waals surface area (Å²) in [5, 5.41) is 9.69. The topological polar surface area (TPSA) is 72.8 Å². The molecule has 0 amide bonds. The highest BCUT2D eigenvalue weighted by atomic mass is 16.6. The summed E-state index contributed by atoms with van der Waals surface area (Å²) in [6, 6.07) is 0. The first-order chi connectivity index (χ1) is 36.6. The van der Waals surface area contributed by atoms with Gasteiger partial charge in [0.25, 0.3) is 0 Å². The Morgan fingerprint density at radius 3 is 0.811 bits per heavy atom. The molecule has 1 atom stereocenters. The van der Waals surface area contributed by atoms with E-state index in [1.165, 1.54) is 244 Å². The fraction of sp³-hybridized carbons (Fsp3) is 0.797. The van der Waals surface area contributed by atoms with E-state index >= 15 is 0 Å². The highest BCUT2D eigenvalue weighted by Crippen LogP contribution is 2.17. The van der Waals surface area contributed by atoms with Crippen LogP contribution in [-0.2, 0) is 19.1 Å². The highest BCUT2D eigenvalue weighted by molar-refractivity contribution is 5.70. The quantitative estimate of drug-likeness (QED) is 0.0373. The van der Waals surface area contributed by atoms with Gasteiger partial charge in [0.2, 0.25) is 0 Å². The van der Waals surface area contributed by atoms with E-state index in [4.69, 9.17) is 9.47 Å². The van der Waals surface area contributed by atoms with Gasteiger partial charge < -0.3 is 14.6 Å². The van der Waals surface area contributed by atoms with Gasteiger partial charge >= 0.3 is 11.9 Å². The van der Waals surface area contributed by atoms with Crippen LogP contribution in [0.1, 0.15) is 335 Å². The fourth-order valence-corrected chi connectivity index (χ4v) is 9.57. The molecule has 5 nitrogen and oxygen atoms in total. The molecule has 0 aliphatic carbocycles. The van der Waals surface area contributed by atoms with E-state index in [1.807, 2.05) is 0 Å². The van der Waals surface area contributed by atoms with E-state index in [-0.39, 0.29) is 25.2 Å². The number of aliphatic hydroxyl groups is 1. The number of hydrogen-bond acceptors (Lipinski definition) is 5. The number of aliphatic hydroxyl groups excluding tert-OH is 1. The summed E-state index contributed by atoms with van der Waals surface area (Å²) in [7, 11) is 0. The molecule has 0 fully saturated rings. The predicted molar refractivity (Wildman–Crippen MR) is 325 cm³/mol. The van der Waals surface area contributed by atoms with Crippen LogP contribution in [-0.4, -0.2) is 36.4 Å². The van der Waals surface area contributed by atoms with Gasteiger partial charge in [-0.05, 0) is 89.9 Å². The number of ether oxygens (including phenoxy) is 2. The first-order valence-electron chi connectivity index (χ1n) is 32.5. The zero-order valence-electron chi connectivity index (χ0n) is 49.4. The molecule has 0 rings (SSSR count). The van der Waals surface area contributed by atoms with Crippen molar-refractivity contribution in [2.75, 3.05) is 13.2 Å². The molecule has 1 unspecified atom stereocenters. The predicted octanol–water partition coefficient (Wildman–Crippen LogP) is 22.3. The maximum absolute atomic E-state index is 12.3. The van der Waals surface area contributed by atoms with Crippen LogP contribution < -0.4 is 0 Å². The first-order valence-corrected chi connectivity index (χ1v) is 32.5. The molecule has 0 spiro atoms. The average Bonchev–Trinajstić information content (AvgIpc) is 3.40. The van der Waals surface area contributed by atoms with Crippen LogP contribution in [0.25, 0.3) is 0 Å². The van der Waals surface area contributed by atoms with E-state index in [2.05, 4.69) is 86.8 Å². The molecule has 0 aromatic rings. The third-order valence-corrected chi connectivity index (χ3v) is 14.5. The van der Waals surface area contributed by atoms with Gasteiger partial charge in [-0.2, -0.15) is 0 Å². The molecular formula is C69H124O5. The van der Waals surface area contributed by atoms with Crippen molar-refractivity contribution in [3.8, 4) is 0 Å². The Morgan fingerprint density at radius 1 is 0.311 bits per heavy atom. The zero-order chi connectivity index (χ0) is 53.4. The summed E-state index contributed by atoms with van der Waals surface area (Å²) >= 11 is 0. The monoisotopic (exact) mass is 1030 g/mol. The van der Waals surface area contributed by atoms with Gasteiger partial charge in [-0.3, -0.25) is 9.59 Å². The molecule has 0 saturated carbocycles. The van der Waals surface area contributed by atoms with Crippen molar-refractivity contribution in [2.45, 2.75) is 341 Å². The summed E-state index contributed by atoms with van der Waals surface area (Å²) in [4.78, 5) is 24.6. The summed E-state index contributed by atoms with van der Waals surface area (Å²) in [5.41, 5.74) is 0. The van der Waals surface area contributed by atoms with Crippen LogP contribution in [0.3, 0.4) is 0 Å². The molecule has 74 heavy (non-hydrogen) atoms. The van der Waals surface area contributed by atoms with Gasteiger partial charge in [0.15, 0.2) is 6.10 Å². The minimum Gasteiger partial charge on any atom is -0.462 e. The molecule has 0 radical (unpaired) electrons. The van der Waals surface area contributed by atoms with Crippen molar-refractivity contribution >= 4 is 11.9 Å². The van der Waals surface area contributed by atoms with Crippen molar-refractivity contribution < 1.29 is 24.2 Å². The fourth-order valence-electron chi connectivity index (χ4n) is 9.57. The van der Waals surface area contributed by atoms with E-state index in [1.54, 1.807) is 0 Å². The van der Waals surface area contributed by atoms with Crippen LogP contribution in [0.4, 0.5) is 0 Å². The third-order valence-electron chi connectivity index (χ3n) is 14.5. The van der Waals surface area contributed by atoms with Gasteiger partial charge in [-0.1, -0.05) is 305 Å². The average molecular weight is 1030 g/mol. The molecular weight excluding hydrogens is 909 g/mol. The van der Waals surface area contributed by atoms with Crippen molar-refractivity contribution in [1.29, 1.82) is 0 Å². The normalized spacial score (nSPS) is 12.6. The molecule has 0 aliphatic rings. The minimum atomic E-state index is -0.775. The Kier molecular flexibility index (Phi) is 62.3. The van der Waals surface area contributed by atoms with Crippen molar-refractivity contribution in [2.24, 2.45) is 0 Å². The maximum atomic E-state index is 12.3. The largest absolute Gasteiger partial charge is 0.462 e. The zero-order valence-corrected chi connectivity index (χ0v) is 49.4. The molecule has 0 aliphatic heterocycles. The second-order valence-corrected chi connectivity index (χ2v) is 21.8. The minimum absolute atomic E-state index is 0.0653. The molecule has 0 aromatic heterocycles. The Hall–Kier alpha value is -2.66. The summed E-state index contributed by atoms with van der Waals surface area (Å²) in [5.74, 6) is -0.579. The van der Waals surface area contributed by atoms with Gasteiger partial charge in [0.05, 0.1) is 6.61 Å². The number of allylic oxidation sites excluding steroid dienone is 12. The lowest BCUT2D eigenvalue weighted by Crippen LogP contribution is -2.28. The number of hydrogen-bond donors (Lipinski definition) is 1. The number of carbonyl (C=O) groups excluding carboxylic acids is 2. The van der Waals surface area contributed by atoms with Crippen LogP contribution in [0.2, 0.25) is 0 Å². The van der Waals surface area contributed by atoms with E-state index < -0.39 is 6.10 Å². The molecule has 430 valence electrons. The number of esters is 2. The first kappa shape index (κ1) is 71.3. The van der Waals surface area contributed by atoms with Gasteiger partial charge in [0, 0.05) is 12.8 Å². The molecule has 1 N–H and O–H groups in total. The van der Waals surface area contributed by atoms with Crippen molar-refractivity contribution in [1.82, 2.24) is 0 Å². The highest BCUT2D eigenvalue weighted by Gasteiger charge is 2.16.